The molecular weight excluding hydrogens is 288 g/mol. The van der Waals surface area contributed by atoms with Gasteiger partial charge in [-0.2, -0.15) is 0 Å². The van der Waals surface area contributed by atoms with Crippen molar-refractivity contribution in [2.24, 2.45) is 17.0 Å². The third-order valence-corrected chi connectivity index (χ3v) is 3.82. The molecule has 0 radical (unpaired) electrons. The van der Waals surface area contributed by atoms with Gasteiger partial charge in [0.2, 0.25) is 0 Å². The van der Waals surface area contributed by atoms with E-state index < -0.39 is 23.7 Å². The molecule has 7 nitrogen and oxygen atoms in total. The van der Waals surface area contributed by atoms with Crippen molar-refractivity contribution < 1.29 is 23.9 Å². The number of esters is 1. The zero-order chi connectivity index (χ0) is 16.5. The van der Waals surface area contributed by atoms with Crippen molar-refractivity contribution in [1.82, 2.24) is 5.32 Å². The van der Waals surface area contributed by atoms with E-state index in [0.29, 0.717) is 13.0 Å². The number of nitrogens with zero attached hydrogens (tertiary/aromatic N) is 1. The van der Waals surface area contributed by atoms with Gasteiger partial charge in [-0.05, 0) is 41.0 Å². The van der Waals surface area contributed by atoms with Crippen LogP contribution < -0.4 is 5.32 Å². The van der Waals surface area contributed by atoms with Crippen molar-refractivity contribution in [1.29, 1.82) is 0 Å². The number of fused-ring (bicyclic) bond motifs is 1. The van der Waals surface area contributed by atoms with Gasteiger partial charge in [-0.1, -0.05) is 5.16 Å². The zero-order valence-electron chi connectivity index (χ0n) is 13.7. The fraction of sp³-hybridized carbons (Fsp3) is 0.800. The van der Waals surface area contributed by atoms with Crippen LogP contribution in [0.25, 0.3) is 0 Å². The lowest BCUT2D eigenvalue weighted by atomic mass is 10.0. The predicted octanol–water partition coefficient (Wildman–Crippen LogP) is 1.85. The summed E-state index contributed by atoms with van der Waals surface area (Å²) in [6.45, 7) is 9.28. The largest absolute Gasteiger partial charge is 0.466 e. The lowest BCUT2D eigenvalue weighted by molar-refractivity contribution is -0.149. The van der Waals surface area contributed by atoms with Crippen LogP contribution in [0, 0.1) is 11.8 Å². The average molecular weight is 312 g/mol. The summed E-state index contributed by atoms with van der Waals surface area (Å²) in [5.74, 6) is -0.753. The summed E-state index contributed by atoms with van der Waals surface area (Å²) < 4.78 is 10.4. The lowest BCUT2D eigenvalue weighted by Crippen LogP contribution is -2.48. The van der Waals surface area contributed by atoms with E-state index >= 15 is 0 Å². The van der Waals surface area contributed by atoms with Crippen LogP contribution >= 0.6 is 0 Å². The molecule has 1 amide bonds. The van der Waals surface area contributed by atoms with Crippen molar-refractivity contribution in [3.8, 4) is 0 Å². The number of alkyl carbamates (subject to hydrolysis) is 1. The normalized spacial score (nSPS) is 30.1. The molecule has 1 fully saturated rings. The predicted molar refractivity (Wildman–Crippen MR) is 79.4 cm³/mol. The topological polar surface area (TPSA) is 86.2 Å². The molecule has 0 spiro atoms. The van der Waals surface area contributed by atoms with Crippen molar-refractivity contribution in [2.45, 2.75) is 58.8 Å². The Morgan fingerprint density at radius 3 is 2.68 bits per heavy atom. The maximum absolute atomic E-state index is 12.2. The van der Waals surface area contributed by atoms with E-state index in [1.165, 1.54) is 0 Å². The number of carbonyl (C=O) groups is 2. The van der Waals surface area contributed by atoms with Crippen LogP contribution in [-0.2, 0) is 19.1 Å². The Morgan fingerprint density at radius 1 is 1.41 bits per heavy atom. The van der Waals surface area contributed by atoms with Gasteiger partial charge in [0.25, 0.3) is 0 Å². The number of hydrogen-bond donors (Lipinski definition) is 1. The highest BCUT2D eigenvalue weighted by molar-refractivity contribution is 5.88. The fourth-order valence-electron chi connectivity index (χ4n) is 2.91. The van der Waals surface area contributed by atoms with Crippen LogP contribution in [0.1, 0.15) is 41.0 Å². The molecule has 1 saturated carbocycles. The molecule has 1 N–H and O–H groups in total. The highest BCUT2D eigenvalue weighted by Crippen LogP contribution is 2.39. The Hall–Kier alpha value is -1.79. The summed E-state index contributed by atoms with van der Waals surface area (Å²) >= 11 is 0. The molecule has 1 aliphatic carbocycles. The summed E-state index contributed by atoms with van der Waals surface area (Å²) in [6.07, 6.45) is -0.359. The maximum Gasteiger partial charge on any atom is 0.408 e. The van der Waals surface area contributed by atoms with E-state index in [0.717, 1.165) is 5.71 Å². The quantitative estimate of drug-likeness (QED) is 0.804. The zero-order valence-corrected chi connectivity index (χ0v) is 13.7. The van der Waals surface area contributed by atoms with E-state index in [9.17, 15) is 9.59 Å². The molecule has 2 aliphatic rings. The van der Waals surface area contributed by atoms with Gasteiger partial charge < -0.3 is 19.6 Å². The molecule has 1 heterocycles. The molecule has 2 rings (SSSR count). The van der Waals surface area contributed by atoms with Gasteiger partial charge in [0.15, 0.2) is 6.10 Å². The number of amides is 1. The molecule has 0 bridgehead atoms. The van der Waals surface area contributed by atoms with E-state index in [1.54, 1.807) is 27.7 Å². The summed E-state index contributed by atoms with van der Waals surface area (Å²) in [5.41, 5.74) is 0.234. The van der Waals surface area contributed by atoms with Gasteiger partial charge in [-0.3, -0.25) is 4.79 Å². The summed E-state index contributed by atoms with van der Waals surface area (Å²) in [4.78, 5) is 29.6. The number of hydrogen-bond acceptors (Lipinski definition) is 6. The van der Waals surface area contributed by atoms with E-state index in [2.05, 4.69) is 10.5 Å². The van der Waals surface area contributed by atoms with Crippen molar-refractivity contribution in [3.63, 3.8) is 0 Å². The molecule has 0 aromatic heterocycles. The molecule has 7 heteroatoms. The van der Waals surface area contributed by atoms with Crippen LogP contribution in [0.2, 0.25) is 0 Å². The molecule has 4 atom stereocenters. The average Bonchev–Trinajstić information content (AvgIpc) is 2.89. The van der Waals surface area contributed by atoms with Gasteiger partial charge in [0.05, 0.1) is 24.3 Å². The minimum absolute atomic E-state index is 0.0225. The number of carbonyl (C=O) groups excluding carboxylic acids is 2. The Balaban J connectivity index is 2.10. The molecule has 0 saturated heterocycles. The van der Waals surface area contributed by atoms with E-state index in [4.69, 9.17) is 14.3 Å². The highest BCUT2D eigenvalue weighted by atomic mass is 16.6. The summed E-state index contributed by atoms with van der Waals surface area (Å²) in [7, 11) is 0. The fourth-order valence-corrected chi connectivity index (χ4v) is 2.91. The second kappa shape index (κ2) is 6.14. The lowest BCUT2D eigenvalue weighted by Gasteiger charge is -2.25. The van der Waals surface area contributed by atoms with Gasteiger partial charge >= 0.3 is 12.1 Å². The molecule has 0 aromatic rings. The SMILES string of the molecule is CCOC(=O)[C@@H]1C[C@H]2C(C)=NO[C@H]2[C@@H]1NC(=O)OC(C)(C)C. The first-order valence-electron chi connectivity index (χ1n) is 7.59. The Bertz CT molecular complexity index is 483. The maximum atomic E-state index is 12.2. The van der Waals surface area contributed by atoms with Crippen LogP contribution in [-0.4, -0.2) is 42.1 Å². The van der Waals surface area contributed by atoms with E-state index in [1.807, 2.05) is 6.92 Å². The number of ether oxygens (including phenoxy) is 2. The summed E-state index contributed by atoms with van der Waals surface area (Å²) in [6, 6.07) is -0.500. The molecule has 22 heavy (non-hydrogen) atoms. The molecule has 0 unspecified atom stereocenters. The van der Waals surface area contributed by atoms with Crippen LogP contribution in [0.15, 0.2) is 5.16 Å². The highest BCUT2D eigenvalue weighted by Gasteiger charge is 2.53. The summed E-state index contributed by atoms with van der Waals surface area (Å²) in [5, 5.41) is 6.72. The monoisotopic (exact) mass is 312 g/mol. The smallest absolute Gasteiger partial charge is 0.408 e. The molecule has 124 valence electrons. The van der Waals surface area contributed by atoms with Gasteiger partial charge in [0.1, 0.15) is 5.60 Å². The van der Waals surface area contributed by atoms with Crippen molar-refractivity contribution >= 4 is 17.8 Å². The minimum atomic E-state index is -0.607. The first-order chi connectivity index (χ1) is 10.2. The molecule has 0 aromatic carbocycles. The number of oxime groups is 1. The standard InChI is InChI=1S/C15H24N2O5/c1-6-20-13(18)10-7-9-8(2)17-22-12(9)11(10)16-14(19)21-15(3,4)5/h9-12H,6-7H2,1-5H3,(H,16,19)/t9-,10+,11+,12+/m0/s1. The Morgan fingerprint density at radius 2 is 2.09 bits per heavy atom. The first-order valence-corrected chi connectivity index (χ1v) is 7.59. The van der Waals surface area contributed by atoms with Gasteiger partial charge in [-0.25, -0.2) is 4.79 Å². The second-order valence-corrected chi connectivity index (χ2v) is 6.68. The second-order valence-electron chi connectivity index (χ2n) is 6.68. The first kappa shape index (κ1) is 16.6. The molecule has 1 aliphatic heterocycles. The van der Waals surface area contributed by atoms with Gasteiger partial charge in [-0.15, -0.1) is 0 Å². The third-order valence-electron chi connectivity index (χ3n) is 3.82. The van der Waals surface area contributed by atoms with Crippen LogP contribution in [0.4, 0.5) is 4.79 Å². The van der Waals surface area contributed by atoms with Gasteiger partial charge in [0, 0.05) is 5.92 Å². The van der Waals surface area contributed by atoms with E-state index in [-0.39, 0.29) is 18.0 Å². The van der Waals surface area contributed by atoms with Crippen molar-refractivity contribution in [2.75, 3.05) is 6.61 Å². The van der Waals surface area contributed by atoms with Crippen LogP contribution in [0.5, 0.6) is 0 Å². The number of nitrogens with one attached hydrogen (secondary N) is 1. The van der Waals surface area contributed by atoms with Crippen molar-refractivity contribution in [3.05, 3.63) is 0 Å². The molecular formula is C15H24N2O5. The third kappa shape index (κ3) is 3.51. The Kier molecular flexibility index (Phi) is 4.63. The number of rotatable bonds is 3. The van der Waals surface area contributed by atoms with Crippen LogP contribution in [0.3, 0.4) is 0 Å². The minimum Gasteiger partial charge on any atom is -0.466 e. The Labute approximate surface area is 130 Å².